The Kier molecular flexibility index (Phi) is 3.90. The smallest absolute Gasteiger partial charge is 0.190 e. The van der Waals surface area contributed by atoms with E-state index in [1.54, 1.807) is 0 Å². The van der Waals surface area contributed by atoms with Gasteiger partial charge in [0.15, 0.2) is 8.32 Å². The Labute approximate surface area is 88.2 Å². The molecule has 0 saturated heterocycles. The maximum Gasteiger partial charge on any atom is 0.190 e. The van der Waals surface area contributed by atoms with Crippen LogP contribution in [0.2, 0.25) is 13.1 Å². The Morgan fingerprint density at radius 3 is 2.00 bits per heavy atom. The molecule has 0 N–H and O–H groups in total. The molecule has 1 nitrogen and oxygen atoms in total. The third kappa shape index (κ3) is 3.27. The molecule has 0 heterocycles. The van der Waals surface area contributed by atoms with Gasteiger partial charge in [0.2, 0.25) is 0 Å². The highest BCUT2D eigenvalue weighted by atomic mass is 28.4. The molecule has 1 aromatic rings. The van der Waals surface area contributed by atoms with Gasteiger partial charge in [-0.3, -0.25) is 0 Å². The van der Waals surface area contributed by atoms with Gasteiger partial charge in [0.1, 0.15) is 0 Å². The second-order valence-corrected chi connectivity index (χ2v) is 8.59. The largest absolute Gasteiger partial charge is 0.420 e. The van der Waals surface area contributed by atoms with E-state index in [0.717, 1.165) is 12.5 Å². The lowest BCUT2D eigenvalue weighted by atomic mass is 10.1. The lowest BCUT2D eigenvalue weighted by Crippen LogP contribution is -2.32. The summed E-state index contributed by atoms with van der Waals surface area (Å²) in [5, 5.41) is 0. The van der Waals surface area contributed by atoms with Gasteiger partial charge in [0.25, 0.3) is 0 Å². The Hall–Kier alpha value is -0.603. The fraction of sp³-hybridized carbons (Fsp3) is 0.500. The fourth-order valence-electron chi connectivity index (χ4n) is 1.46. The number of aryl methyl sites for hydroxylation is 1. The zero-order valence-corrected chi connectivity index (χ0v) is 10.6. The molecule has 0 amide bonds. The summed E-state index contributed by atoms with van der Waals surface area (Å²) in [6.07, 6.45) is 1.12. The van der Waals surface area contributed by atoms with Crippen LogP contribution in [0, 0.1) is 0 Å². The normalized spacial score (nSPS) is 11.7. The fourth-order valence-corrected chi connectivity index (χ4v) is 2.82. The van der Waals surface area contributed by atoms with Crippen molar-refractivity contribution in [1.82, 2.24) is 0 Å². The first-order valence-corrected chi connectivity index (χ1v) is 8.32. The van der Waals surface area contributed by atoms with Crippen LogP contribution in [0.15, 0.2) is 24.3 Å². The maximum absolute atomic E-state index is 5.54. The second-order valence-electron chi connectivity index (χ2n) is 4.31. The Bertz CT molecular complexity index is 277. The first-order chi connectivity index (χ1) is 6.57. The van der Waals surface area contributed by atoms with Crippen molar-refractivity contribution in [2.75, 3.05) is 7.11 Å². The van der Waals surface area contributed by atoms with E-state index in [4.69, 9.17) is 4.43 Å². The summed E-state index contributed by atoms with van der Waals surface area (Å²) in [5.41, 5.74) is 2.81. The van der Waals surface area contributed by atoms with Crippen LogP contribution in [0.5, 0.6) is 0 Å². The summed E-state index contributed by atoms with van der Waals surface area (Å²) in [6.45, 7) is 6.68. The molecular weight excluding hydrogens is 188 g/mol. The molecule has 0 unspecified atom stereocenters. The van der Waals surface area contributed by atoms with E-state index in [2.05, 4.69) is 44.3 Å². The van der Waals surface area contributed by atoms with Crippen molar-refractivity contribution >= 4 is 8.32 Å². The molecule has 0 saturated carbocycles. The van der Waals surface area contributed by atoms with Gasteiger partial charge in [-0.15, -0.1) is 0 Å². The molecule has 0 bridgehead atoms. The van der Waals surface area contributed by atoms with Crippen molar-refractivity contribution in [2.24, 2.45) is 0 Å². The summed E-state index contributed by atoms with van der Waals surface area (Å²) >= 11 is 0. The topological polar surface area (TPSA) is 9.23 Å². The predicted octanol–water partition coefficient (Wildman–Crippen LogP) is 3.18. The third-order valence-electron chi connectivity index (χ3n) is 2.61. The molecular formula is C12H20OSi. The molecule has 0 aliphatic rings. The van der Waals surface area contributed by atoms with E-state index in [1.165, 1.54) is 11.1 Å². The Morgan fingerprint density at radius 2 is 1.57 bits per heavy atom. The van der Waals surface area contributed by atoms with Crippen LogP contribution in [-0.2, 0) is 16.9 Å². The van der Waals surface area contributed by atoms with Crippen LogP contribution < -0.4 is 0 Å². The molecule has 14 heavy (non-hydrogen) atoms. The highest BCUT2D eigenvalue weighted by Crippen LogP contribution is 2.13. The molecule has 0 radical (unpaired) electrons. The third-order valence-corrected chi connectivity index (χ3v) is 4.98. The molecule has 0 atom stereocenters. The minimum atomic E-state index is -1.45. The molecule has 2 heteroatoms. The lowest BCUT2D eigenvalue weighted by molar-refractivity contribution is 0.403. The zero-order valence-electron chi connectivity index (χ0n) is 9.63. The van der Waals surface area contributed by atoms with Crippen LogP contribution in [-0.4, -0.2) is 15.4 Å². The summed E-state index contributed by atoms with van der Waals surface area (Å²) in [6, 6.07) is 10.00. The maximum atomic E-state index is 5.54. The Balaban J connectivity index is 2.69. The standard InChI is InChI=1S/C12H20OSi/c1-5-11-6-8-12(9-7-11)10-14(3,4)13-2/h6-9H,5,10H2,1-4H3. The van der Waals surface area contributed by atoms with Crippen molar-refractivity contribution in [3.8, 4) is 0 Å². The highest BCUT2D eigenvalue weighted by Gasteiger charge is 2.20. The van der Waals surface area contributed by atoms with Gasteiger partial charge in [-0.05, 0) is 36.7 Å². The quantitative estimate of drug-likeness (QED) is 0.691. The van der Waals surface area contributed by atoms with Crippen molar-refractivity contribution in [3.05, 3.63) is 35.4 Å². The van der Waals surface area contributed by atoms with Crippen LogP contribution in [0.25, 0.3) is 0 Å². The van der Waals surface area contributed by atoms with Crippen LogP contribution in [0.3, 0.4) is 0 Å². The molecule has 0 aliphatic heterocycles. The Morgan fingerprint density at radius 1 is 1.07 bits per heavy atom. The minimum Gasteiger partial charge on any atom is -0.420 e. The summed E-state index contributed by atoms with van der Waals surface area (Å²) in [5.74, 6) is 0. The second kappa shape index (κ2) is 4.76. The number of hydrogen-bond donors (Lipinski definition) is 0. The first kappa shape index (κ1) is 11.5. The van der Waals surface area contributed by atoms with Gasteiger partial charge in [0, 0.05) is 7.11 Å². The highest BCUT2D eigenvalue weighted by molar-refractivity contribution is 6.70. The van der Waals surface area contributed by atoms with Crippen molar-refractivity contribution in [3.63, 3.8) is 0 Å². The van der Waals surface area contributed by atoms with E-state index in [0.29, 0.717) is 0 Å². The molecule has 1 rings (SSSR count). The number of benzene rings is 1. The lowest BCUT2D eigenvalue weighted by Gasteiger charge is -2.19. The van der Waals surface area contributed by atoms with Crippen molar-refractivity contribution < 1.29 is 4.43 Å². The monoisotopic (exact) mass is 208 g/mol. The summed E-state index contributed by atoms with van der Waals surface area (Å²) in [4.78, 5) is 0. The van der Waals surface area contributed by atoms with Crippen LogP contribution >= 0.6 is 0 Å². The summed E-state index contributed by atoms with van der Waals surface area (Å²) < 4.78 is 5.54. The minimum absolute atomic E-state index is 1.10. The van der Waals surface area contributed by atoms with Gasteiger partial charge in [-0.1, -0.05) is 31.2 Å². The SMILES string of the molecule is CCc1ccc(C[Si](C)(C)OC)cc1. The average Bonchev–Trinajstić information content (AvgIpc) is 2.19. The van der Waals surface area contributed by atoms with Gasteiger partial charge in [-0.25, -0.2) is 0 Å². The molecule has 0 spiro atoms. The molecule has 1 aromatic carbocycles. The van der Waals surface area contributed by atoms with Gasteiger partial charge in [-0.2, -0.15) is 0 Å². The van der Waals surface area contributed by atoms with Gasteiger partial charge < -0.3 is 4.43 Å². The van der Waals surface area contributed by atoms with Crippen LogP contribution in [0.1, 0.15) is 18.1 Å². The van der Waals surface area contributed by atoms with Gasteiger partial charge in [0.05, 0.1) is 0 Å². The van der Waals surface area contributed by atoms with E-state index in [9.17, 15) is 0 Å². The molecule has 0 aliphatic carbocycles. The predicted molar refractivity (Wildman–Crippen MR) is 64.0 cm³/mol. The number of hydrogen-bond acceptors (Lipinski definition) is 1. The molecule has 0 fully saturated rings. The van der Waals surface area contributed by atoms with Crippen molar-refractivity contribution in [2.45, 2.75) is 32.5 Å². The van der Waals surface area contributed by atoms with E-state index >= 15 is 0 Å². The molecule has 0 aromatic heterocycles. The first-order valence-electron chi connectivity index (χ1n) is 5.20. The average molecular weight is 208 g/mol. The van der Waals surface area contributed by atoms with E-state index in [-0.39, 0.29) is 0 Å². The zero-order chi connectivity index (χ0) is 10.6. The summed E-state index contributed by atoms with van der Waals surface area (Å²) in [7, 11) is 0.380. The van der Waals surface area contributed by atoms with Crippen LogP contribution in [0.4, 0.5) is 0 Å². The van der Waals surface area contributed by atoms with E-state index in [1.807, 2.05) is 7.11 Å². The van der Waals surface area contributed by atoms with E-state index < -0.39 is 8.32 Å². The molecule has 78 valence electrons. The van der Waals surface area contributed by atoms with Crippen molar-refractivity contribution in [1.29, 1.82) is 0 Å². The number of rotatable bonds is 4. The van der Waals surface area contributed by atoms with Gasteiger partial charge >= 0.3 is 0 Å².